The van der Waals surface area contributed by atoms with Gasteiger partial charge in [0, 0.05) is 23.2 Å². The average molecular weight is 168 g/mol. The van der Waals surface area contributed by atoms with Crippen LogP contribution in [0.3, 0.4) is 0 Å². The predicted octanol–water partition coefficient (Wildman–Crippen LogP) is 2.72. The summed E-state index contributed by atoms with van der Waals surface area (Å²) in [5, 5.41) is 2.35. The minimum Gasteiger partial charge on any atom is -0.365 e. The molecule has 13 heavy (non-hydrogen) atoms. The standard InChI is InChI=1S/C11H8N2/c1-2-4-10-8(3-1)5-9-6-12-7-11(9)13-10/h1-7,12H. The molecule has 0 aliphatic carbocycles. The number of fused-ring (bicyclic) bond motifs is 2. The van der Waals surface area contributed by atoms with Crippen molar-refractivity contribution in [2.24, 2.45) is 0 Å². The van der Waals surface area contributed by atoms with Gasteiger partial charge in [-0.05, 0) is 12.1 Å². The zero-order chi connectivity index (χ0) is 8.67. The fourth-order valence-corrected chi connectivity index (χ4v) is 1.59. The van der Waals surface area contributed by atoms with E-state index in [1.165, 1.54) is 10.8 Å². The number of aromatic nitrogens is 2. The third-order valence-corrected chi connectivity index (χ3v) is 2.24. The Labute approximate surface area is 75.2 Å². The minimum absolute atomic E-state index is 1.03. The molecule has 62 valence electrons. The maximum absolute atomic E-state index is 4.51. The average Bonchev–Trinajstić information content (AvgIpc) is 2.61. The van der Waals surface area contributed by atoms with Gasteiger partial charge in [0.05, 0.1) is 11.0 Å². The zero-order valence-electron chi connectivity index (χ0n) is 6.99. The Bertz CT molecular complexity index is 517. The van der Waals surface area contributed by atoms with E-state index in [4.69, 9.17) is 0 Å². The summed E-state index contributed by atoms with van der Waals surface area (Å²) in [6.45, 7) is 0. The van der Waals surface area contributed by atoms with Gasteiger partial charge in [-0.2, -0.15) is 0 Å². The van der Waals surface area contributed by atoms with Crippen LogP contribution in [-0.4, -0.2) is 9.97 Å². The van der Waals surface area contributed by atoms with Crippen LogP contribution in [0.2, 0.25) is 0 Å². The van der Waals surface area contributed by atoms with E-state index < -0.39 is 0 Å². The van der Waals surface area contributed by atoms with E-state index in [2.05, 4.69) is 22.1 Å². The third-order valence-electron chi connectivity index (χ3n) is 2.24. The van der Waals surface area contributed by atoms with Crippen LogP contribution in [0.5, 0.6) is 0 Å². The van der Waals surface area contributed by atoms with Crippen LogP contribution in [0.1, 0.15) is 0 Å². The molecule has 1 N–H and O–H groups in total. The first kappa shape index (κ1) is 6.66. The van der Waals surface area contributed by atoms with Gasteiger partial charge in [0.2, 0.25) is 0 Å². The first-order chi connectivity index (χ1) is 6.43. The second-order valence-electron chi connectivity index (χ2n) is 3.11. The summed E-state index contributed by atoms with van der Waals surface area (Å²) in [6.07, 6.45) is 3.89. The smallest absolute Gasteiger partial charge is 0.0884 e. The number of aromatic amines is 1. The van der Waals surface area contributed by atoms with Gasteiger partial charge in [-0.3, -0.25) is 0 Å². The molecule has 0 saturated heterocycles. The largest absolute Gasteiger partial charge is 0.365 e. The lowest BCUT2D eigenvalue weighted by molar-refractivity contribution is 1.41. The molecule has 0 atom stereocenters. The second kappa shape index (κ2) is 2.33. The first-order valence-corrected chi connectivity index (χ1v) is 4.26. The summed E-state index contributed by atoms with van der Waals surface area (Å²) >= 11 is 0. The first-order valence-electron chi connectivity index (χ1n) is 4.26. The van der Waals surface area contributed by atoms with Crippen LogP contribution in [-0.2, 0) is 0 Å². The normalized spacial score (nSPS) is 11.1. The second-order valence-corrected chi connectivity index (χ2v) is 3.11. The van der Waals surface area contributed by atoms with E-state index >= 15 is 0 Å². The molecule has 0 spiro atoms. The zero-order valence-corrected chi connectivity index (χ0v) is 6.99. The van der Waals surface area contributed by atoms with Crippen LogP contribution in [0.15, 0.2) is 42.7 Å². The SMILES string of the molecule is c1ccc2nc3c[nH]cc3cc2c1. The maximum Gasteiger partial charge on any atom is 0.0884 e. The van der Waals surface area contributed by atoms with Crippen LogP contribution < -0.4 is 0 Å². The van der Waals surface area contributed by atoms with Gasteiger partial charge in [0.15, 0.2) is 0 Å². The molecule has 2 heteroatoms. The molecule has 3 aromatic rings. The number of nitrogens with one attached hydrogen (secondary N) is 1. The quantitative estimate of drug-likeness (QED) is 0.549. The number of para-hydroxylation sites is 1. The molecule has 3 rings (SSSR count). The van der Waals surface area contributed by atoms with Gasteiger partial charge in [-0.25, -0.2) is 4.98 Å². The fourth-order valence-electron chi connectivity index (χ4n) is 1.59. The molecule has 0 aliphatic heterocycles. The number of pyridine rings is 1. The lowest BCUT2D eigenvalue weighted by Gasteiger charge is -1.95. The topological polar surface area (TPSA) is 28.7 Å². The van der Waals surface area contributed by atoms with Crippen molar-refractivity contribution in [3.63, 3.8) is 0 Å². The molecule has 0 saturated carbocycles. The lowest BCUT2D eigenvalue weighted by Crippen LogP contribution is -1.77. The van der Waals surface area contributed by atoms with Gasteiger partial charge >= 0.3 is 0 Å². The molecule has 2 nitrogen and oxygen atoms in total. The molecule has 2 heterocycles. The van der Waals surface area contributed by atoms with Crippen molar-refractivity contribution < 1.29 is 0 Å². The van der Waals surface area contributed by atoms with Crippen molar-refractivity contribution in [3.05, 3.63) is 42.7 Å². The Morgan fingerprint density at radius 3 is 2.85 bits per heavy atom. The fraction of sp³-hybridized carbons (Fsp3) is 0. The van der Waals surface area contributed by atoms with Crippen LogP contribution in [0.25, 0.3) is 21.8 Å². The van der Waals surface area contributed by atoms with Crippen molar-refractivity contribution >= 4 is 21.8 Å². The van der Waals surface area contributed by atoms with Gasteiger partial charge in [-0.15, -0.1) is 0 Å². The van der Waals surface area contributed by atoms with Crippen LogP contribution in [0.4, 0.5) is 0 Å². The number of hydrogen-bond acceptors (Lipinski definition) is 1. The van der Waals surface area contributed by atoms with E-state index in [9.17, 15) is 0 Å². The molecule has 0 amide bonds. The van der Waals surface area contributed by atoms with E-state index in [1.807, 2.05) is 30.6 Å². The summed E-state index contributed by atoms with van der Waals surface area (Å²) in [5.41, 5.74) is 2.08. The van der Waals surface area contributed by atoms with Gasteiger partial charge < -0.3 is 4.98 Å². The van der Waals surface area contributed by atoms with Gasteiger partial charge in [0.1, 0.15) is 0 Å². The molecule has 0 bridgehead atoms. The van der Waals surface area contributed by atoms with Crippen LogP contribution in [0, 0.1) is 0 Å². The summed E-state index contributed by atoms with van der Waals surface area (Å²) in [5.74, 6) is 0. The molecular formula is C11H8N2. The highest BCUT2D eigenvalue weighted by Gasteiger charge is 1.97. The summed E-state index contributed by atoms with van der Waals surface area (Å²) in [7, 11) is 0. The Morgan fingerprint density at radius 2 is 1.85 bits per heavy atom. The number of rotatable bonds is 0. The molecule has 0 unspecified atom stereocenters. The Balaban J connectivity index is 2.57. The van der Waals surface area contributed by atoms with Crippen LogP contribution >= 0.6 is 0 Å². The molecule has 0 fully saturated rings. The summed E-state index contributed by atoms with van der Waals surface area (Å²) < 4.78 is 0. The van der Waals surface area contributed by atoms with E-state index in [0.29, 0.717) is 0 Å². The number of hydrogen-bond donors (Lipinski definition) is 1. The minimum atomic E-state index is 1.03. The Hall–Kier alpha value is -1.83. The highest BCUT2D eigenvalue weighted by molar-refractivity contribution is 5.92. The molecular weight excluding hydrogens is 160 g/mol. The van der Waals surface area contributed by atoms with Crippen molar-refractivity contribution in [2.45, 2.75) is 0 Å². The highest BCUT2D eigenvalue weighted by atomic mass is 14.7. The highest BCUT2D eigenvalue weighted by Crippen LogP contribution is 2.18. The van der Waals surface area contributed by atoms with Gasteiger partial charge in [0.25, 0.3) is 0 Å². The third kappa shape index (κ3) is 0.920. The molecule has 1 aromatic carbocycles. The summed E-state index contributed by atoms with van der Waals surface area (Å²) in [4.78, 5) is 7.56. The maximum atomic E-state index is 4.51. The molecule has 0 radical (unpaired) electrons. The van der Waals surface area contributed by atoms with Crippen molar-refractivity contribution in [2.75, 3.05) is 0 Å². The lowest BCUT2D eigenvalue weighted by atomic mass is 10.2. The van der Waals surface area contributed by atoms with Crippen molar-refractivity contribution in [1.29, 1.82) is 0 Å². The summed E-state index contributed by atoms with van der Waals surface area (Å²) in [6, 6.07) is 10.3. The monoisotopic (exact) mass is 168 g/mol. The Kier molecular flexibility index (Phi) is 1.19. The predicted molar refractivity (Wildman–Crippen MR) is 53.6 cm³/mol. The number of nitrogens with zero attached hydrogens (tertiary/aromatic N) is 1. The molecule has 2 aromatic heterocycles. The van der Waals surface area contributed by atoms with E-state index in [-0.39, 0.29) is 0 Å². The molecule has 0 aliphatic rings. The van der Waals surface area contributed by atoms with Crippen molar-refractivity contribution in [1.82, 2.24) is 9.97 Å². The Morgan fingerprint density at radius 1 is 0.923 bits per heavy atom. The van der Waals surface area contributed by atoms with Gasteiger partial charge in [-0.1, -0.05) is 18.2 Å². The van der Waals surface area contributed by atoms with E-state index in [0.717, 1.165) is 11.0 Å². The number of H-pyrrole nitrogens is 1. The van der Waals surface area contributed by atoms with Crippen molar-refractivity contribution in [3.8, 4) is 0 Å². The van der Waals surface area contributed by atoms with E-state index in [1.54, 1.807) is 0 Å². The number of benzene rings is 1.